The molecule has 1 aliphatic heterocycles. The van der Waals surface area contributed by atoms with Crippen LogP contribution in [0.2, 0.25) is 0 Å². The first kappa shape index (κ1) is 23.7. The molecule has 182 valence electrons. The lowest BCUT2D eigenvalue weighted by Gasteiger charge is -2.18. The van der Waals surface area contributed by atoms with Crippen LogP contribution in [0.3, 0.4) is 0 Å². The number of benzene rings is 1. The van der Waals surface area contributed by atoms with Crippen LogP contribution in [0.1, 0.15) is 57.3 Å². The van der Waals surface area contributed by atoms with Crippen LogP contribution in [-0.2, 0) is 17.4 Å². The highest BCUT2D eigenvalue weighted by molar-refractivity contribution is 6.04. The molecule has 4 rings (SSSR count). The topological polar surface area (TPSA) is 165 Å². The van der Waals surface area contributed by atoms with Crippen LogP contribution >= 0.6 is 0 Å². The molecule has 14 heteroatoms. The SMILES string of the molecule is C[C@@H](NC(=O)c1ncnc2c1CCC(=O)N2)c1cc(C(=O)Nc2cc(C(F)(F)F)ccc2N)no1. The first-order chi connectivity index (χ1) is 16.5. The minimum absolute atomic E-state index is 0.0694. The lowest BCUT2D eigenvalue weighted by atomic mass is 10.0. The Kier molecular flexibility index (Phi) is 6.11. The fourth-order valence-corrected chi connectivity index (χ4v) is 3.35. The maximum atomic E-state index is 12.9. The van der Waals surface area contributed by atoms with Gasteiger partial charge in [-0.15, -0.1) is 0 Å². The Morgan fingerprint density at radius 2 is 1.94 bits per heavy atom. The number of anilines is 3. The van der Waals surface area contributed by atoms with Gasteiger partial charge in [0.05, 0.1) is 23.0 Å². The van der Waals surface area contributed by atoms with Crippen molar-refractivity contribution in [2.45, 2.75) is 32.0 Å². The minimum atomic E-state index is -4.61. The summed E-state index contributed by atoms with van der Waals surface area (Å²) in [7, 11) is 0. The van der Waals surface area contributed by atoms with E-state index in [1.165, 1.54) is 6.07 Å². The van der Waals surface area contributed by atoms with Gasteiger partial charge in [0, 0.05) is 18.1 Å². The normalized spacial score (nSPS) is 14.0. The summed E-state index contributed by atoms with van der Waals surface area (Å²) in [5.41, 5.74) is 4.72. The molecule has 5 N–H and O–H groups in total. The summed E-state index contributed by atoms with van der Waals surface area (Å²) in [5.74, 6) is -1.26. The number of hydrogen-bond acceptors (Lipinski definition) is 8. The van der Waals surface area contributed by atoms with E-state index in [4.69, 9.17) is 10.3 Å². The van der Waals surface area contributed by atoms with Crippen molar-refractivity contribution in [3.8, 4) is 0 Å². The highest BCUT2D eigenvalue weighted by atomic mass is 19.4. The monoisotopic (exact) mass is 489 g/mol. The molecule has 1 atom stereocenters. The number of halogens is 3. The lowest BCUT2D eigenvalue weighted by molar-refractivity contribution is -0.137. The number of amides is 3. The van der Waals surface area contributed by atoms with Gasteiger partial charge >= 0.3 is 6.18 Å². The lowest BCUT2D eigenvalue weighted by Crippen LogP contribution is -2.30. The predicted octanol–water partition coefficient (Wildman–Crippen LogP) is 2.69. The second-order valence-corrected chi connectivity index (χ2v) is 7.66. The Labute approximate surface area is 195 Å². The second kappa shape index (κ2) is 9.04. The number of fused-ring (bicyclic) bond motifs is 1. The van der Waals surface area contributed by atoms with Gasteiger partial charge in [-0.05, 0) is 31.5 Å². The third kappa shape index (κ3) is 5.05. The molecule has 0 unspecified atom stereocenters. The molecule has 3 heterocycles. The molecule has 3 aromatic rings. The van der Waals surface area contributed by atoms with Gasteiger partial charge in [-0.1, -0.05) is 5.16 Å². The summed E-state index contributed by atoms with van der Waals surface area (Å²) in [6.07, 6.45) is -2.98. The zero-order chi connectivity index (χ0) is 25.3. The predicted molar refractivity (Wildman–Crippen MR) is 115 cm³/mol. The van der Waals surface area contributed by atoms with Crippen molar-refractivity contribution >= 4 is 34.9 Å². The fraction of sp³-hybridized carbons (Fsp3) is 0.238. The van der Waals surface area contributed by atoms with Gasteiger partial charge in [0.2, 0.25) is 5.91 Å². The zero-order valence-electron chi connectivity index (χ0n) is 18.1. The van der Waals surface area contributed by atoms with E-state index in [2.05, 4.69) is 31.1 Å². The second-order valence-electron chi connectivity index (χ2n) is 7.66. The van der Waals surface area contributed by atoms with Crippen molar-refractivity contribution < 1.29 is 32.1 Å². The first-order valence-electron chi connectivity index (χ1n) is 10.2. The van der Waals surface area contributed by atoms with E-state index in [0.717, 1.165) is 18.5 Å². The molecule has 1 aromatic carbocycles. The largest absolute Gasteiger partial charge is 0.416 e. The van der Waals surface area contributed by atoms with Crippen LogP contribution < -0.4 is 21.7 Å². The Bertz CT molecular complexity index is 1320. The van der Waals surface area contributed by atoms with Gasteiger partial charge in [0.1, 0.15) is 17.8 Å². The van der Waals surface area contributed by atoms with Crippen molar-refractivity contribution in [3.05, 3.63) is 58.9 Å². The van der Waals surface area contributed by atoms with Crippen LogP contribution in [-0.4, -0.2) is 32.8 Å². The molecule has 0 aliphatic carbocycles. The minimum Gasteiger partial charge on any atom is -0.397 e. The molecule has 0 fully saturated rings. The number of nitrogens with two attached hydrogens (primary N) is 1. The molecule has 0 saturated heterocycles. The number of hydrogen-bond donors (Lipinski definition) is 4. The summed E-state index contributed by atoms with van der Waals surface area (Å²) in [5, 5.41) is 11.1. The number of rotatable bonds is 5. The molecular weight excluding hydrogens is 471 g/mol. The summed E-state index contributed by atoms with van der Waals surface area (Å²) >= 11 is 0. The highest BCUT2D eigenvalue weighted by Gasteiger charge is 2.31. The standard InChI is InChI=1S/C21H18F3N7O4/c1-9(28-20(34)17-11-3-5-16(32)30-18(11)27-8-26-17)15-7-14(31-35-15)19(33)29-13-6-10(21(22,23)24)2-4-12(13)25/h2,4,6-9H,3,5,25H2,1H3,(H,28,34)(H,29,33)(H,26,27,30,32)/t9-/m1/s1. The molecule has 1 aliphatic rings. The van der Waals surface area contributed by atoms with Gasteiger partial charge in [0.25, 0.3) is 11.8 Å². The highest BCUT2D eigenvalue weighted by Crippen LogP contribution is 2.33. The molecular formula is C21H18F3N7O4. The third-order valence-electron chi connectivity index (χ3n) is 5.18. The molecule has 0 spiro atoms. The number of nitrogen functional groups attached to an aromatic ring is 1. The van der Waals surface area contributed by atoms with Gasteiger partial charge in [-0.2, -0.15) is 13.2 Å². The maximum absolute atomic E-state index is 12.9. The Morgan fingerprint density at radius 1 is 1.17 bits per heavy atom. The van der Waals surface area contributed by atoms with Crippen molar-refractivity contribution in [2.24, 2.45) is 0 Å². The van der Waals surface area contributed by atoms with E-state index >= 15 is 0 Å². The first-order valence-corrected chi connectivity index (χ1v) is 10.2. The van der Waals surface area contributed by atoms with Gasteiger partial charge < -0.3 is 26.2 Å². The third-order valence-corrected chi connectivity index (χ3v) is 5.18. The average molecular weight is 489 g/mol. The molecule has 0 saturated carbocycles. The molecule has 35 heavy (non-hydrogen) atoms. The molecule has 2 aromatic heterocycles. The Balaban J connectivity index is 1.45. The van der Waals surface area contributed by atoms with Crippen molar-refractivity contribution in [1.29, 1.82) is 0 Å². The number of aromatic nitrogens is 3. The summed E-state index contributed by atoms with van der Waals surface area (Å²) in [4.78, 5) is 44.7. The van der Waals surface area contributed by atoms with E-state index in [9.17, 15) is 27.6 Å². The number of nitrogens with one attached hydrogen (secondary N) is 3. The van der Waals surface area contributed by atoms with E-state index in [1.54, 1.807) is 6.92 Å². The molecule has 11 nitrogen and oxygen atoms in total. The summed E-state index contributed by atoms with van der Waals surface area (Å²) in [6, 6.07) is 3.02. The van der Waals surface area contributed by atoms with Crippen LogP contribution in [0, 0.1) is 0 Å². The number of nitrogens with zero attached hydrogens (tertiary/aromatic N) is 3. The average Bonchev–Trinajstić information content (AvgIpc) is 3.30. The fourth-order valence-electron chi connectivity index (χ4n) is 3.35. The smallest absolute Gasteiger partial charge is 0.397 e. The Morgan fingerprint density at radius 3 is 2.69 bits per heavy atom. The van der Waals surface area contributed by atoms with Crippen molar-refractivity contribution in [2.75, 3.05) is 16.4 Å². The van der Waals surface area contributed by atoms with E-state index in [-0.39, 0.29) is 46.7 Å². The van der Waals surface area contributed by atoms with Crippen molar-refractivity contribution in [3.63, 3.8) is 0 Å². The summed E-state index contributed by atoms with van der Waals surface area (Å²) in [6.45, 7) is 1.57. The Hall–Kier alpha value is -4.49. The number of carbonyl (C=O) groups excluding carboxylic acids is 3. The van der Waals surface area contributed by atoms with Crippen LogP contribution in [0.4, 0.5) is 30.4 Å². The molecule has 0 bridgehead atoms. The van der Waals surface area contributed by atoms with Crippen LogP contribution in [0.5, 0.6) is 0 Å². The van der Waals surface area contributed by atoms with Gasteiger partial charge in [-0.25, -0.2) is 9.97 Å². The molecule has 0 radical (unpaired) electrons. The summed E-state index contributed by atoms with van der Waals surface area (Å²) < 4.78 is 44.0. The number of alkyl halides is 3. The van der Waals surface area contributed by atoms with E-state index < -0.39 is 29.6 Å². The van der Waals surface area contributed by atoms with E-state index in [0.29, 0.717) is 18.1 Å². The quantitative estimate of drug-likeness (QED) is 0.397. The maximum Gasteiger partial charge on any atom is 0.416 e. The van der Waals surface area contributed by atoms with Crippen LogP contribution in [0.15, 0.2) is 35.1 Å². The van der Waals surface area contributed by atoms with Crippen molar-refractivity contribution in [1.82, 2.24) is 20.4 Å². The number of carbonyl (C=O) groups is 3. The zero-order valence-corrected chi connectivity index (χ0v) is 18.1. The van der Waals surface area contributed by atoms with E-state index in [1.807, 2.05) is 0 Å². The van der Waals surface area contributed by atoms with Gasteiger partial charge in [-0.3, -0.25) is 14.4 Å². The van der Waals surface area contributed by atoms with Gasteiger partial charge in [0.15, 0.2) is 11.5 Å². The molecule has 3 amide bonds. The van der Waals surface area contributed by atoms with Crippen LogP contribution in [0.25, 0.3) is 0 Å².